The fourth-order valence-electron chi connectivity index (χ4n) is 2.99. The van der Waals surface area contributed by atoms with Crippen LogP contribution in [0.15, 0.2) is 30.3 Å². The summed E-state index contributed by atoms with van der Waals surface area (Å²) in [6.07, 6.45) is 5.84. The van der Waals surface area contributed by atoms with Crippen molar-refractivity contribution >= 4 is 22.9 Å². The molecule has 4 heteroatoms. The highest BCUT2D eigenvalue weighted by atomic mass is 32.1. The molecule has 1 saturated carbocycles. The molecule has 0 amide bonds. The molecule has 0 aliphatic heterocycles. The smallest absolute Gasteiger partial charge is 0.0745 e. The van der Waals surface area contributed by atoms with Crippen LogP contribution in [0.1, 0.15) is 32.1 Å². The number of hydrogen-bond acceptors (Lipinski definition) is 3. The number of ether oxygens (including phenoxy) is 1. The summed E-state index contributed by atoms with van der Waals surface area (Å²) in [4.78, 5) is 3.04. The van der Waals surface area contributed by atoms with Crippen LogP contribution in [-0.2, 0) is 4.74 Å². The topological polar surface area (TPSA) is 38.5 Å². The monoisotopic (exact) mass is 292 g/mol. The van der Waals surface area contributed by atoms with Crippen LogP contribution in [0.5, 0.6) is 0 Å². The van der Waals surface area contributed by atoms with Gasteiger partial charge in [0.15, 0.2) is 0 Å². The van der Waals surface area contributed by atoms with Gasteiger partial charge in [0, 0.05) is 31.8 Å². The van der Waals surface area contributed by atoms with Crippen LogP contribution in [0.25, 0.3) is 0 Å². The Morgan fingerprint density at radius 3 is 2.75 bits per heavy atom. The predicted octanol–water partition coefficient (Wildman–Crippen LogP) is 3.13. The van der Waals surface area contributed by atoms with Gasteiger partial charge in [0.2, 0.25) is 0 Å². The van der Waals surface area contributed by atoms with Gasteiger partial charge in [-0.1, -0.05) is 30.4 Å². The van der Waals surface area contributed by atoms with E-state index < -0.39 is 0 Å². The number of benzene rings is 1. The molecule has 1 aromatic rings. The number of anilines is 1. The molecule has 0 aromatic heterocycles. The lowest BCUT2D eigenvalue weighted by molar-refractivity contribution is 0.0631. The number of nitrogens with zero attached hydrogens (tertiary/aromatic N) is 1. The molecule has 2 N–H and O–H groups in total. The lowest BCUT2D eigenvalue weighted by atomic mass is 9.91. The minimum atomic E-state index is 0.379. The van der Waals surface area contributed by atoms with E-state index in [1.807, 2.05) is 13.2 Å². The van der Waals surface area contributed by atoms with Gasteiger partial charge < -0.3 is 15.4 Å². The van der Waals surface area contributed by atoms with Gasteiger partial charge in [0.25, 0.3) is 0 Å². The first-order chi connectivity index (χ1) is 9.70. The van der Waals surface area contributed by atoms with Crippen molar-refractivity contribution in [3.63, 3.8) is 0 Å². The van der Waals surface area contributed by atoms with Gasteiger partial charge in [-0.2, -0.15) is 0 Å². The van der Waals surface area contributed by atoms with Gasteiger partial charge in [-0.3, -0.25) is 0 Å². The van der Waals surface area contributed by atoms with Crippen molar-refractivity contribution < 1.29 is 4.74 Å². The van der Waals surface area contributed by atoms with E-state index in [0.717, 1.165) is 19.4 Å². The van der Waals surface area contributed by atoms with Gasteiger partial charge in [-0.15, -0.1) is 0 Å². The first kappa shape index (κ1) is 15.3. The predicted molar refractivity (Wildman–Crippen MR) is 88.2 cm³/mol. The van der Waals surface area contributed by atoms with E-state index in [2.05, 4.69) is 29.2 Å². The minimum absolute atomic E-state index is 0.379. The van der Waals surface area contributed by atoms with Crippen molar-refractivity contribution in [2.45, 2.75) is 44.2 Å². The van der Waals surface area contributed by atoms with Crippen LogP contribution < -0.4 is 10.6 Å². The van der Waals surface area contributed by atoms with Crippen molar-refractivity contribution in [2.75, 3.05) is 18.6 Å². The fourth-order valence-corrected chi connectivity index (χ4v) is 3.08. The molecule has 1 aliphatic rings. The Hall–Kier alpha value is -1.13. The minimum Gasteiger partial charge on any atom is -0.393 e. The lowest BCUT2D eigenvalue weighted by Crippen LogP contribution is -2.42. The molecule has 0 spiro atoms. The number of nitrogens with two attached hydrogens (primary N) is 1. The molecule has 0 heterocycles. The summed E-state index contributed by atoms with van der Waals surface area (Å²) < 4.78 is 5.56. The molecule has 0 bridgehead atoms. The summed E-state index contributed by atoms with van der Waals surface area (Å²) in [5, 5.41) is 0. The highest BCUT2D eigenvalue weighted by Crippen LogP contribution is 2.28. The van der Waals surface area contributed by atoms with Crippen LogP contribution >= 0.6 is 12.2 Å². The maximum absolute atomic E-state index is 5.68. The van der Waals surface area contributed by atoms with Gasteiger partial charge in [-0.05, 0) is 37.8 Å². The Bertz CT molecular complexity index is 424. The van der Waals surface area contributed by atoms with E-state index in [1.165, 1.54) is 24.9 Å². The molecular weight excluding hydrogens is 268 g/mol. The normalized spacial score (nSPS) is 22.4. The molecular formula is C16H24N2OS. The first-order valence-corrected chi connectivity index (χ1v) is 7.74. The van der Waals surface area contributed by atoms with E-state index in [-0.39, 0.29) is 0 Å². The second-order valence-corrected chi connectivity index (χ2v) is 5.95. The average Bonchev–Trinajstić information content (AvgIpc) is 2.48. The van der Waals surface area contributed by atoms with Gasteiger partial charge >= 0.3 is 0 Å². The third kappa shape index (κ3) is 4.18. The van der Waals surface area contributed by atoms with E-state index in [0.29, 0.717) is 17.1 Å². The standard InChI is InChI=1S/C16H24N2OS/c1-19-15-9-5-8-14(12-15)18(11-10-16(17)20)13-6-3-2-4-7-13/h2-4,6-7,14-15H,5,8-12H2,1H3,(H2,17,20). The Kier molecular flexibility index (Phi) is 5.80. The van der Waals surface area contributed by atoms with E-state index in [1.54, 1.807) is 0 Å². The average molecular weight is 292 g/mol. The molecule has 0 saturated heterocycles. The summed E-state index contributed by atoms with van der Waals surface area (Å²) >= 11 is 5.04. The van der Waals surface area contributed by atoms with Crippen molar-refractivity contribution in [1.29, 1.82) is 0 Å². The second-order valence-electron chi connectivity index (χ2n) is 5.42. The molecule has 1 fully saturated rings. The molecule has 110 valence electrons. The number of methoxy groups -OCH3 is 1. The van der Waals surface area contributed by atoms with Crippen LogP contribution in [0.2, 0.25) is 0 Å². The Balaban J connectivity index is 2.11. The first-order valence-electron chi connectivity index (χ1n) is 7.33. The summed E-state index contributed by atoms with van der Waals surface area (Å²) in [7, 11) is 1.81. The molecule has 2 atom stereocenters. The van der Waals surface area contributed by atoms with Crippen molar-refractivity contribution in [1.82, 2.24) is 0 Å². The molecule has 1 aromatic carbocycles. The summed E-state index contributed by atoms with van der Waals surface area (Å²) in [6.45, 7) is 0.889. The van der Waals surface area contributed by atoms with Crippen molar-refractivity contribution in [3.05, 3.63) is 30.3 Å². The zero-order chi connectivity index (χ0) is 14.4. The van der Waals surface area contributed by atoms with Crippen LogP contribution in [0.4, 0.5) is 5.69 Å². The SMILES string of the molecule is COC1CCCC(N(CCC(N)=S)c2ccccc2)C1. The molecule has 2 rings (SSSR count). The third-order valence-corrected chi connectivity index (χ3v) is 4.26. The molecule has 2 unspecified atom stereocenters. The largest absolute Gasteiger partial charge is 0.393 e. The quantitative estimate of drug-likeness (QED) is 0.818. The van der Waals surface area contributed by atoms with Crippen LogP contribution in [0.3, 0.4) is 0 Å². The van der Waals surface area contributed by atoms with Gasteiger partial charge in [0.1, 0.15) is 0 Å². The van der Waals surface area contributed by atoms with Crippen molar-refractivity contribution in [3.8, 4) is 0 Å². The third-order valence-electron chi connectivity index (χ3n) is 4.06. The highest BCUT2D eigenvalue weighted by molar-refractivity contribution is 7.80. The Labute approximate surface area is 127 Å². The summed E-state index contributed by atoms with van der Waals surface area (Å²) in [6, 6.07) is 11.1. The zero-order valence-electron chi connectivity index (χ0n) is 12.1. The number of rotatable bonds is 6. The van der Waals surface area contributed by atoms with E-state index in [9.17, 15) is 0 Å². The maximum Gasteiger partial charge on any atom is 0.0745 e. The Morgan fingerprint density at radius 1 is 1.35 bits per heavy atom. The molecule has 3 nitrogen and oxygen atoms in total. The van der Waals surface area contributed by atoms with E-state index in [4.69, 9.17) is 22.7 Å². The summed E-state index contributed by atoms with van der Waals surface area (Å²) in [5.41, 5.74) is 6.94. The van der Waals surface area contributed by atoms with E-state index >= 15 is 0 Å². The number of thiocarbonyl (C=S) groups is 1. The number of hydrogen-bond donors (Lipinski definition) is 1. The molecule has 0 radical (unpaired) electrons. The fraction of sp³-hybridized carbons (Fsp3) is 0.562. The highest BCUT2D eigenvalue weighted by Gasteiger charge is 2.26. The second kappa shape index (κ2) is 7.60. The zero-order valence-corrected chi connectivity index (χ0v) is 12.9. The lowest BCUT2D eigenvalue weighted by Gasteiger charge is -2.38. The molecule has 1 aliphatic carbocycles. The van der Waals surface area contributed by atoms with Gasteiger partial charge in [0.05, 0.1) is 11.1 Å². The number of para-hydroxylation sites is 1. The van der Waals surface area contributed by atoms with Crippen LogP contribution in [-0.4, -0.2) is 30.8 Å². The Morgan fingerprint density at radius 2 is 2.10 bits per heavy atom. The van der Waals surface area contributed by atoms with Crippen LogP contribution in [0, 0.1) is 0 Å². The van der Waals surface area contributed by atoms with Crippen molar-refractivity contribution in [2.24, 2.45) is 5.73 Å². The van der Waals surface area contributed by atoms with Gasteiger partial charge in [-0.25, -0.2) is 0 Å². The molecule has 20 heavy (non-hydrogen) atoms. The summed E-state index contributed by atoms with van der Waals surface area (Å²) in [5.74, 6) is 0. The maximum atomic E-state index is 5.68.